The van der Waals surface area contributed by atoms with E-state index in [1.807, 2.05) is 12.1 Å². The molecule has 0 unspecified atom stereocenters. The van der Waals surface area contributed by atoms with Gasteiger partial charge in [0.05, 0.1) is 40.3 Å². The highest BCUT2D eigenvalue weighted by atomic mass is 32.2. The Kier molecular flexibility index (Phi) is 10.8. The molecule has 11 rings (SSSR count). The van der Waals surface area contributed by atoms with Crippen LogP contribution in [0.4, 0.5) is 17.1 Å². The molecule has 0 radical (unpaired) electrons. The second kappa shape index (κ2) is 16.7. The minimum absolute atomic E-state index is 0.0194. The molecule has 6 aliphatic rings. The van der Waals surface area contributed by atoms with Crippen LogP contribution in [0.2, 0.25) is 0 Å². The number of morpholine rings is 1. The van der Waals surface area contributed by atoms with Crippen LogP contribution in [0.5, 0.6) is 17.2 Å². The summed E-state index contributed by atoms with van der Waals surface area (Å²) in [4.78, 5) is 40.2. The molecule has 5 aromatic rings. The lowest BCUT2D eigenvalue weighted by Gasteiger charge is -2.56. The minimum Gasteiger partial charge on any atom is -0.489 e. The van der Waals surface area contributed by atoms with Gasteiger partial charge in [0.25, 0.3) is 21.6 Å². The van der Waals surface area contributed by atoms with Gasteiger partial charge in [-0.3, -0.25) is 24.7 Å². The van der Waals surface area contributed by atoms with Crippen LogP contribution in [0.15, 0.2) is 90.6 Å². The minimum atomic E-state index is -4.65. The number of amides is 1. The van der Waals surface area contributed by atoms with Crippen LogP contribution in [-0.2, 0) is 14.8 Å². The van der Waals surface area contributed by atoms with Gasteiger partial charge in [0, 0.05) is 79.8 Å². The molecule has 3 N–H and O–H groups in total. The van der Waals surface area contributed by atoms with Crippen molar-refractivity contribution in [3.05, 3.63) is 113 Å². The van der Waals surface area contributed by atoms with Gasteiger partial charge in [0.15, 0.2) is 11.4 Å². The zero-order chi connectivity index (χ0) is 45.3. The number of sulfonamides is 1. The molecule has 2 bridgehead atoms. The Balaban J connectivity index is 0.800. The van der Waals surface area contributed by atoms with E-state index >= 15 is 0 Å². The Bertz CT molecular complexity index is 2850. The third-order valence-electron chi connectivity index (χ3n) is 14.9. The molecule has 2 aromatic heterocycles. The predicted octanol–water partition coefficient (Wildman–Crippen LogP) is 7.65. The average Bonchev–Trinajstić information content (AvgIpc) is 4.14. The molecule has 66 heavy (non-hydrogen) atoms. The molecule has 5 aliphatic heterocycles. The number of hydrogen-bond donors (Lipinski definition) is 3. The second-order valence-corrected chi connectivity index (χ2v) is 20.8. The highest BCUT2D eigenvalue weighted by molar-refractivity contribution is 7.90. The van der Waals surface area contributed by atoms with Crippen LogP contribution in [0, 0.1) is 15.5 Å². The number of aromatic amines is 1. The zero-order valence-corrected chi connectivity index (χ0v) is 37.7. The van der Waals surface area contributed by atoms with Gasteiger partial charge >= 0.3 is 0 Å². The second-order valence-electron chi connectivity index (χ2n) is 19.1. The summed E-state index contributed by atoms with van der Waals surface area (Å²) in [5.41, 5.74) is 5.17. The van der Waals surface area contributed by atoms with E-state index < -0.39 is 31.4 Å². The molecule has 5 fully saturated rings. The highest BCUT2D eigenvalue weighted by Crippen LogP contribution is 2.54. The molecule has 344 valence electrons. The van der Waals surface area contributed by atoms with Gasteiger partial charge in [-0.05, 0) is 99.2 Å². The number of carbonyl (C=O) groups excluding carboxylic acids is 1. The standard InChI is InChI=1S/C49H54N8O8S/c1-30(2)39-6-3-4-7-40(39)42-8-5-15-56(42)35-23-49(24-35)12-16-54(17-13-49)33-9-10-41(44(20-33)65-36-18-31-11-14-50-47(31)51-25-36)48(58)53-66(61,62)38-21-43(57(59)60)46-45(22-38)64-28-32(52-46)26-55-27-37-19-34(55)29-63-37/h3-4,6-7,9-11,14,18,20-22,25,32,34-35,37,42,52H,1,5,8,12-13,15-17,19,23-24,26-29H2,2H3,(H,50,51)(H,53,58)/t32-,34+,37+,42-/m0/s1. The number of nitro benzene ring substituents is 1. The topological polar surface area (TPSA) is 184 Å². The molecular weight excluding hydrogens is 861 g/mol. The molecule has 1 amide bonds. The molecule has 17 heteroatoms. The summed E-state index contributed by atoms with van der Waals surface area (Å²) in [5, 5.41) is 16.4. The van der Waals surface area contributed by atoms with Crippen LogP contribution in [0.3, 0.4) is 0 Å². The molecule has 1 saturated carbocycles. The molecular formula is C49H54N8O8S. The molecule has 16 nitrogen and oxygen atoms in total. The number of carbonyl (C=O) groups is 1. The Hall–Kier alpha value is -6.01. The number of aromatic nitrogens is 2. The Labute approximate surface area is 383 Å². The van der Waals surface area contributed by atoms with Crippen molar-refractivity contribution >= 4 is 49.6 Å². The molecule has 4 atom stereocenters. The number of ether oxygens (including phenoxy) is 3. The summed E-state index contributed by atoms with van der Waals surface area (Å²) in [6.45, 7) is 11.4. The van der Waals surface area contributed by atoms with Gasteiger partial charge in [-0.1, -0.05) is 36.4 Å². The number of nitrogens with zero attached hydrogens (tertiary/aromatic N) is 5. The van der Waals surface area contributed by atoms with Crippen molar-refractivity contribution in [3.8, 4) is 17.2 Å². The van der Waals surface area contributed by atoms with Crippen LogP contribution >= 0.6 is 0 Å². The van der Waals surface area contributed by atoms with Gasteiger partial charge in [-0.25, -0.2) is 18.1 Å². The molecule has 4 saturated heterocycles. The first-order chi connectivity index (χ1) is 31.9. The molecule has 1 spiro atoms. The van der Waals surface area contributed by atoms with E-state index in [0.29, 0.717) is 42.7 Å². The van der Waals surface area contributed by atoms with Crippen LogP contribution < -0.4 is 24.4 Å². The fourth-order valence-corrected chi connectivity index (χ4v) is 12.5. The van der Waals surface area contributed by atoms with E-state index in [-0.39, 0.29) is 46.9 Å². The summed E-state index contributed by atoms with van der Waals surface area (Å²) in [6, 6.07) is 20.7. The highest BCUT2D eigenvalue weighted by Gasteiger charge is 2.50. The number of nitrogens with one attached hydrogen (secondary N) is 3. The van der Waals surface area contributed by atoms with Crippen LogP contribution in [-0.4, -0.2) is 109 Å². The van der Waals surface area contributed by atoms with E-state index in [9.17, 15) is 23.3 Å². The van der Waals surface area contributed by atoms with E-state index in [4.69, 9.17) is 14.2 Å². The molecule has 7 heterocycles. The number of benzene rings is 3. The first-order valence-electron chi connectivity index (χ1n) is 23.0. The number of allylic oxidation sites excluding steroid dienone is 1. The zero-order valence-electron chi connectivity index (χ0n) is 36.9. The quantitative estimate of drug-likeness (QED) is 0.0820. The third-order valence-corrected chi connectivity index (χ3v) is 16.2. The normalized spacial score (nSPS) is 23.9. The Morgan fingerprint density at radius 2 is 1.88 bits per heavy atom. The number of piperidine rings is 1. The van der Waals surface area contributed by atoms with Gasteiger partial charge < -0.3 is 29.4 Å². The fourth-order valence-electron chi connectivity index (χ4n) is 11.5. The molecule has 3 aromatic carbocycles. The van der Waals surface area contributed by atoms with E-state index in [1.54, 1.807) is 24.4 Å². The van der Waals surface area contributed by atoms with Crippen molar-refractivity contribution in [1.82, 2.24) is 24.5 Å². The first kappa shape index (κ1) is 42.6. The fraction of sp³-hybridized carbons (Fsp3) is 0.429. The van der Waals surface area contributed by atoms with Crippen molar-refractivity contribution in [3.63, 3.8) is 0 Å². The Morgan fingerprint density at radius 3 is 2.65 bits per heavy atom. The number of pyridine rings is 1. The average molecular weight is 915 g/mol. The van der Waals surface area contributed by atoms with Gasteiger partial charge in [-0.15, -0.1) is 0 Å². The summed E-state index contributed by atoms with van der Waals surface area (Å²) < 4.78 is 48.1. The largest absolute Gasteiger partial charge is 0.489 e. The summed E-state index contributed by atoms with van der Waals surface area (Å²) in [7, 11) is -4.65. The van der Waals surface area contributed by atoms with Gasteiger partial charge in [0.2, 0.25) is 0 Å². The van der Waals surface area contributed by atoms with Crippen molar-refractivity contribution < 1.29 is 32.3 Å². The summed E-state index contributed by atoms with van der Waals surface area (Å²) >= 11 is 0. The number of hydrogen-bond acceptors (Lipinski definition) is 13. The van der Waals surface area contributed by atoms with E-state index in [0.717, 1.165) is 68.2 Å². The lowest BCUT2D eigenvalue weighted by atomic mass is 9.59. The third kappa shape index (κ3) is 7.94. The lowest BCUT2D eigenvalue weighted by Crippen LogP contribution is -2.54. The predicted molar refractivity (Wildman–Crippen MR) is 250 cm³/mol. The van der Waals surface area contributed by atoms with Crippen molar-refractivity contribution in [2.24, 2.45) is 5.41 Å². The first-order valence-corrected chi connectivity index (χ1v) is 24.5. The number of rotatable bonds is 12. The van der Waals surface area contributed by atoms with E-state index in [1.165, 1.54) is 49.1 Å². The smallest absolute Gasteiger partial charge is 0.297 e. The number of fused-ring (bicyclic) bond motifs is 4. The van der Waals surface area contributed by atoms with Crippen LogP contribution in [0.1, 0.15) is 79.4 Å². The summed E-state index contributed by atoms with van der Waals surface area (Å²) in [6.07, 6.45) is 11.3. The number of anilines is 2. The SMILES string of the molecule is C=C(C)c1ccccc1[C@@H]1CCCN1C1CC2(CCN(c3ccc(C(=O)NS(=O)(=O)c4cc5c(c([N+](=O)[O-])c4)N[C@@H](CN4C[C@H]6C[C@@H]4CO6)CO5)c(Oc4cnc5[nH]ccc5c4)c3)CC2)C1. The molecule has 1 aliphatic carbocycles. The monoisotopic (exact) mass is 914 g/mol. The van der Waals surface area contributed by atoms with Gasteiger partial charge in [0.1, 0.15) is 23.8 Å². The maximum atomic E-state index is 14.1. The maximum absolute atomic E-state index is 14.1. The van der Waals surface area contributed by atoms with Crippen LogP contribution in [0.25, 0.3) is 16.6 Å². The lowest BCUT2D eigenvalue weighted by molar-refractivity contribution is -0.384. The number of H-pyrrole nitrogens is 1. The van der Waals surface area contributed by atoms with E-state index in [2.05, 4.69) is 72.5 Å². The van der Waals surface area contributed by atoms with Crippen molar-refractivity contribution in [2.45, 2.75) is 87.0 Å². The van der Waals surface area contributed by atoms with Gasteiger partial charge in [-0.2, -0.15) is 0 Å². The number of nitro groups is 1. The van der Waals surface area contributed by atoms with Crippen molar-refractivity contribution in [2.75, 3.05) is 56.2 Å². The summed E-state index contributed by atoms with van der Waals surface area (Å²) in [5.74, 6) is -0.436. The maximum Gasteiger partial charge on any atom is 0.297 e. The Morgan fingerprint density at radius 1 is 1.05 bits per heavy atom. The number of likely N-dealkylation sites (tertiary alicyclic amines) is 2. The van der Waals surface area contributed by atoms with Crippen molar-refractivity contribution in [1.29, 1.82) is 0 Å².